The van der Waals surface area contributed by atoms with Crippen LogP contribution in [0.1, 0.15) is 11.1 Å². The first-order chi connectivity index (χ1) is 12.0. The van der Waals surface area contributed by atoms with Gasteiger partial charge in [-0.25, -0.2) is 12.7 Å². The number of carbonyl (C=O) groups is 1. The lowest BCUT2D eigenvalue weighted by Gasteiger charge is -2.12. The number of halogens is 3. The third kappa shape index (κ3) is 4.83. The highest BCUT2D eigenvalue weighted by atomic mass is 32.2. The van der Waals surface area contributed by atoms with E-state index in [1.165, 1.54) is 50.5 Å². The Labute approximate surface area is 149 Å². The smallest absolute Gasteiger partial charge is 0.326 e. The van der Waals surface area contributed by atoms with E-state index in [9.17, 15) is 26.4 Å². The van der Waals surface area contributed by atoms with Crippen LogP contribution in [0.4, 0.5) is 18.9 Å². The van der Waals surface area contributed by atoms with Gasteiger partial charge in [0.1, 0.15) is 0 Å². The molecule has 2 aromatic rings. The Morgan fingerprint density at radius 2 is 1.69 bits per heavy atom. The lowest BCUT2D eigenvalue weighted by molar-refractivity contribution is -0.137. The van der Waals surface area contributed by atoms with Gasteiger partial charge >= 0.3 is 6.18 Å². The van der Waals surface area contributed by atoms with Gasteiger partial charge in [-0.2, -0.15) is 13.2 Å². The summed E-state index contributed by atoms with van der Waals surface area (Å²) in [5.41, 5.74) is -0.246. The summed E-state index contributed by atoms with van der Waals surface area (Å²) < 4.78 is 63.1. The topological polar surface area (TPSA) is 66.5 Å². The monoisotopic (exact) mass is 386 g/mol. The lowest BCUT2D eigenvalue weighted by Crippen LogP contribution is -2.22. The fourth-order valence-electron chi connectivity index (χ4n) is 2.17. The molecule has 2 rings (SSSR count). The largest absolute Gasteiger partial charge is 0.416 e. The van der Waals surface area contributed by atoms with Crippen molar-refractivity contribution in [1.82, 2.24) is 4.31 Å². The van der Waals surface area contributed by atoms with Crippen molar-refractivity contribution in [2.24, 2.45) is 0 Å². The molecule has 0 aliphatic rings. The number of hydrogen-bond donors (Lipinski definition) is 1. The number of benzene rings is 2. The number of rotatable bonds is 5. The molecule has 1 N–H and O–H groups in total. The number of amides is 1. The van der Waals surface area contributed by atoms with E-state index in [0.29, 0.717) is 5.69 Å². The highest BCUT2D eigenvalue weighted by Gasteiger charge is 2.30. The quantitative estimate of drug-likeness (QED) is 0.859. The number of nitrogens with zero attached hydrogens (tertiary/aromatic N) is 1. The minimum Gasteiger partial charge on any atom is -0.326 e. The molecule has 2 aromatic carbocycles. The fraction of sp³-hybridized carbons (Fsp3) is 0.235. The second-order valence-electron chi connectivity index (χ2n) is 5.73. The molecule has 0 spiro atoms. The molecular formula is C17H17F3N2O3S. The first-order valence-corrected chi connectivity index (χ1v) is 8.93. The predicted octanol–water partition coefficient (Wildman–Crippen LogP) is 3.14. The molecule has 0 aliphatic carbocycles. The van der Waals surface area contributed by atoms with Gasteiger partial charge in [0.15, 0.2) is 0 Å². The zero-order valence-electron chi connectivity index (χ0n) is 14.0. The average Bonchev–Trinajstić information content (AvgIpc) is 2.54. The Kier molecular flexibility index (Phi) is 5.72. The van der Waals surface area contributed by atoms with Crippen molar-refractivity contribution >= 4 is 21.6 Å². The number of anilines is 1. The van der Waals surface area contributed by atoms with Crippen LogP contribution in [0, 0.1) is 0 Å². The summed E-state index contributed by atoms with van der Waals surface area (Å²) in [5, 5.41) is 2.53. The van der Waals surface area contributed by atoms with Crippen molar-refractivity contribution in [2.45, 2.75) is 17.5 Å². The standard InChI is InChI=1S/C17H17F3N2O3S/c1-22(2)26(24,25)15-8-6-14(7-9-15)21-16(23)11-12-4-3-5-13(10-12)17(18,19)20/h3-10H,11H2,1-2H3,(H,21,23). The number of nitrogens with one attached hydrogen (secondary N) is 1. The number of sulfonamides is 1. The van der Waals surface area contributed by atoms with Crippen LogP contribution >= 0.6 is 0 Å². The Morgan fingerprint density at radius 3 is 2.23 bits per heavy atom. The van der Waals surface area contributed by atoms with Gasteiger partial charge in [0.25, 0.3) is 0 Å². The van der Waals surface area contributed by atoms with E-state index in [2.05, 4.69) is 5.32 Å². The molecule has 140 valence electrons. The summed E-state index contributed by atoms with van der Waals surface area (Å²) in [4.78, 5) is 12.1. The maximum absolute atomic E-state index is 12.7. The van der Waals surface area contributed by atoms with Crippen LogP contribution in [0.5, 0.6) is 0 Å². The van der Waals surface area contributed by atoms with Crippen LogP contribution in [-0.4, -0.2) is 32.7 Å². The summed E-state index contributed by atoms with van der Waals surface area (Å²) in [7, 11) is -0.770. The van der Waals surface area contributed by atoms with E-state index in [4.69, 9.17) is 0 Å². The zero-order valence-corrected chi connectivity index (χ0v) is 14.9. The van der Waals surface area contributed by atoms with Crippen molar-refractivity contribution in [3.05, 3.63) is 59.7 Å². The lowest BCUT2D eigenvalue weighted by atomic mass is 10.1. The Bertz CT molecular complexity index is 892. The van der Waals surface area contributed by atoms with Crippen LogP contribution in [-0.2, 0) is 27.4 Å². The molecular weight excluding hydrogens is 369 g/mol. The number of carbonyl (C=O) groups excluding carboxylic acids is 1. The number of alkyl halides is 3. The highest BCUT2D eigenvalue weighted by Crippen LogP contribution is 2.29. The third-order valence-corrected chi connectivity index (χ3v) is 5.36. The van der Waals surface area contributed by atoms with Gasteiger partial charge in [0, 0.05) is 19.8 Å². The van der Waals surface area contributed by atoms with Gasteiger partial charge < -0.3 is 5.32 Å². The molecule has 5 nitrogen and oxygen atoms in total. The first kappa shape index (κ1) is 19.9. The minimum atomic E-state index is -4.47. The van der Waals surface area contributed by atoms with E-state index < -0.39 is 27.7 Å². The summed E-state index contributed by atoms with van der Waals surface area (Å²) >= 11 is 0. The molecule has 0 fully saturated rings. The van der Waals surface area contributed by atoms with Gasteiger partial charge in [-0.05, 0) is 35.9 Å². The second-order valence-corrected chi connectivity index (χ2v) is 7.89. The Hall–Kier alpha value is -2.39. The van der Waals surface area contributed by atoms with Gasteiger partial charge in [-0.15, -0.1) is 0 Å². The van der Waals surface area contributed by atoms with E-state index in [-0.39, 0.29) is 16.9 Å². The minimum absolute atomic E-state index is 0.0679. The predicted molar refractivity (Wildman–Crippen MR) is 91.1 cm³/mol. The molecule has 0 saturated heterocycles. The van der Waals surface area contributed by atoms with Gasteiger partial charge in [0.2, 0.25) is 15.9 Å². The summed E-state index contributed by atoms with van der Waals surface area (Å²) in [6.45, 7) is 0. The van der Waals surface area contributed by atoms with Crippen molar-refractivity contribution in [2.75, 3.05) is 19.4 Å². The summed E-state index contributed by atoms with van der Waals surface area (Å²) in [5.74, 6) is -0.507. The highest BCUT2D eigenvalue weighted by molar-refractivity contribution is 7.89. The van der Waals surface area contributed by atoms with Crippen LogP contribution in [0.2, 0.25) is 0 Å². The average molecular weight is 386 g/mol. The maximum atomic E-state index is 12.7. The van der Waals surface area contributed by atoms with Crippen LogP contribution in [0.15, 0.2) is 53.4 Å². The molecule has 0 aliphatic heterocycles. The van der Waals surface area contributed by atoms with E-state index in [0.717, 1.165) is 16.4 Å². The molecule has 0 atom stereocenters. The van der Waals surface area contributed by atoms with E-state index in [1.54, 1.807) is 0 Å². The molecule has 0 aromatic heterocycles. The number of hydrogen-bond acceptors (Lipinski definition) is 3. The van der Waals surface area contributed by atoms with Crippen molar-refractivity contribution in [3.8, 4) is 0 Å². The first-order valence-electron chi connectivity index (χ1n) is 7.49. The van der Waals surface area contributed by atoms with E-state index in [1.807, 2.05) is 0 Å². The zero-order chi connectivity index (χ0) is 19.5. The van der Waals surface area contributed by atoms with Crippen molar-refractivity contribution < 1.29 is 26.4 Å². The molecule has 0 unspecified atom stereocenters. The SMILES string of the molecule is CN(C)S(=O)(=O)c1ccc(NC(=O)Cc2cccc(C(F)(F)F)c2)cc1. The molecule has 26 heavy (non-hydrogen) atoms. The normalized spacial score (nSPS) is 12.2. The van der Waals surface area contributed by atoms with Crippen molar-refractivity contribution in [3.63, 3.8) is 0 Å². The van der Waals surface area contributed by atoms with Crippen LogP contribution < -0.4 is 5.32 Å². The second kappa shape index (κ2) is 7.46. The fourth-order valence-corrected chi connectivity index (χ4v) is 3.07. The molecule has 0 heterocycles. The van der Waals surface area contributed by atoms with E-state index >= 15 is 0 Å². The van der Waals surface area contributed by atoms with Gasteiger partial charge in [0.05, 0.1) is 16.9 Å². The molecule has 0 radical (unpaired) electrons. The van der Waals surface area contributed by atoms with Crippen LogP contribution in [0.25, 0.3) is 0 Å². The van der Waals surface area contributed by atoms with Gasteiger partial charge in [-0.3, -0.25) is 4.79 Å². The van der Waals surface area contributed by atoms with Crippen molar-refractivity contribution in [1.29, 1.82) is 0 Å². The van der Waals surface area contributed by atoms with Gasteiger partial charge in [-0.1, -0.05) is 18.2 Å². The molecule has 1 amide bonds. The summed E-state index contributed by atoms with van der Waals surface area (Å²) in [6, 6.07) is 10.1. The summed E-state index contributed by atoms with van der Waals surface area (Å²) in [6.07, 6.45) is -4.71. The Balaban J connectivity index is 2.07. The molecule has 0 bridgehead atoms. The molecule has 0 saturated carbocycles. The maximum Gasteiger partial charge on any atom is 0.416 e. The molecule has 9 heteroatoms. The Morgan fingerprint density at radius 1 is 1.08 bits per heavy atom. The third-order valence-electron chi connectivity index (χ3n) is 3.54. The van der Waals surface area contributed by atoms with Crippen LogP contribution in [0.3, 0.4) is 0 Å².